The number of carbonyl (C=O) groups is 1. The molecule has 15 heavy (non-hydrogen) atoms. The minimum atomic E-state index is -0.718. The van der Waals surface area contributed by atoms with Crippen LogP contribution >= 0.6 is 0 Å². The fourth-order valence-corrected chi connectivity index (χ4v) is 1.82. The van der Waals surface area contributed by atoms with Crippen molar-refractivity contribution in [2.24, 2.45) is 5.92 Å². The topological polar surface area (TPSA) is 37.3 Å². The molecule has 0 aliphatic rings. The predicted octanol–water partition coefficient (Wildman–Crippen LogP) is 3.29. The van der Waals surface area contributed by atoms with Crippen molar-refractivity contribution < 1.29 is 9.90 Å². The second-order valence-corrected chi connectivity index (χ2v) is 4.00. The Kier molecular flexibility index (Phi) is 4.35. The Morgan fingerprint density at radius 3 is 2.40 bits per heavy atom. The van der Waals surface area contributed by atoms with E-state index in [9.17, 15) is 4.79 Å². The number of aliphatic carboxylic acids is 1. The second kappa shape index (κ2) is 5.54. The lowest BCUT2D eigenvalue weighted by molar-refractivity contribution is -0.137. The first-order chi connectivity index (χ1) is 7.15. The summed E-state index contributed by atoms with van der Waals surface area (Å²) in [6.45, 7) is 4.21. The molecule has 1 rings (SSSR count). The average Bonchev–Trinajstić information content (AvgIpc) is 2.26. The van der Waals surface area contributed by atoms with Crippen LogP contribution in [0.15, 0.2) is 30.3 Å². The molecule has 0 amide bonds. The van der Waals surface area contributed by atoms with Gasteiger partial charge in [0.05, 0.1) is 6.42 Å². The highest BCUT2D eigenvalue weighted by molar-refractivity contribution is 5.68. The SMILES string of the molecule is CCC(C)C(CC(=O)O)c1ccccc1. The van der Waals surface area contributed by atoms with Crippen LogP contribution in [0, 0.1) is 5.92 Å². The molecule has 0 aliphatic carbocycles. The zero-order valence-electron chi connectivity index (χ0n) is 9.31. The van der Waals surface area contributed by atoms with E-state index in [-0.39, 0.29) is 12.3 Å². The fraction of sp³-hybridized carbons (Fsp3) is 0.462. The number of carboxylic acid groups (broad SMARTS) is 1. The van der Waals surface area contributed by atoms with Crippen molar-refractivity contribution in [3.63, 3.8) is 0 Å². The van der Waals surface area contributed by atoms with Crippen LogP contribution in [0.5, 0.6) is 0 Å². The van der Waals surface area contributed by atoms with E-state index >= 15 is 0 Å². The van der Waals surface area contributed by atoms with Crippen molar-refractivity contribution in [2.75, 3.05) is 0 Å². The molecule has 0 spiro atoms. The first-order valence-corrected chi connectivity index (χ1v) is 5.41. The van der Waals surface area contributed by atoms with Crippen molar-refractivity contribution in [3.8, 4) is 0 Å². The Morgan fingerprint density at radius 1 is 1.33 bits per heavy atom. The maximum atomic E-state index is 10.8. The predicted molar refractivity (Wildman–Crippen MR) is 60.9 cm³/mol. The first kappa shape index (κ1) is 11.8. The van der Waals surface area contributed by atoms with Crippen LogP contribution in [0.2, 0.25) is 0 Å². The van der Waals surface area contributed by atoms with E-state index in [4.69, 9.17) is 5.11 Å². The van der Waals surface area contributed by atoms with Gasteiger partial charge in [0.15, 0.2) is 0 Å². The summed E-state index contributed by atoms with van der Waals surface area (Å²) in [5.41, 5.74) is 1.13. The van der Waals surface area contributed by atoms with Crippen LogP contribution in [-0.4, -0.2) is 11.1 Å². The van der Waals surface area contributed by atoms with Gasteiger partial charge in [0.2, 0.25) is 0 Å². The lowest BCUT2D eigenvalue weighted by Crippen LogP contribution is -2.13. The molecule has 1 aromatic rings. The van der Waals surface area contributed by atoms with Gasteiger partial charge in [-0.2, -0.15) is 0 Å². The Labute approximate surface area is 90.9 Å². The van der Waals surface area contributed by atoms with Crippen LogP contribution in [-0.2, 0) is 4.79 Å². The van der Waals surface area contributed by atoms with E-state index in [2.05, 4.69) is 13.8 Å². The van der Waals surface area contributed by atoms with Crippen molar-refractivity contribution in [1.82, 2.24) is 0 Å². The lowest BCUT2D eigenvalue weighted by atomic mass is 9.83. The van der Waals surface area contributed by atoms with Crippen molar-refractivity contribution in [3.05, 3.63) is 35.9 Å². The number of hydrogen-bond acceptors (Lipinski definition) is 1. The summed E-state index contributed by atoms with van der Waals surface area (Å²) in [6.07, 6.45) is 1.23. The van der Waals surface area contributed by atoms with Crippen molar-refractivity contribution >= 4 is 5.97 Å². The molecule has 0 saturated carbocycles. The van der Waals surface area contributed by atoms with Crippen LogP contribution in [0.4, 0.5) is 0 Å². The standard InChI is InChI=1S/C13H18O2/c1-3-10(2)12(9-13(14)15)11-7-5-4-6-8-11/h4-8,10,12H,3,9H2,1-2H3,(H,14,15). The summed E-state index contributed by atoms with van der Waals surface area (Å²) >= 11 is 0. The number of hydrogen-bond donors (Lipinski definition) is 1. The molecule has 0 radical (unpaired) electrons. The van der Waals surface area contributed by atoms with E-state index in [1.165, 1.54) is 0 Å². The van der Waals surface area contributed by atoms with E-state index in [0.29, 0.717) is 5.92 Å². The second-order valence-electron chi connectivity index (χ2n) is 4.00. The molecule has 82 valence electrons. The minimum absolute atomic E-state index is 0.133. The van der Waals surface area contributed by atoms with E-state index in [0.717, 1.165) is 12.0 Å². The molecule has 2 heteroatoms. The van der Waals surface area contributed by atoms with Gasteiger partial charge >= 0.3 is 5.97 Å². The molecular formula is C13H18O2. The summed E-state index contributed by atoms with van der Waals surface area (Å²) < 4.78 is 0. The zero-order chi connectivity index (χ0) is 11.3. The minimum Gasteiger partial charge on any atom is -0.481 e. The highest BCUT2D eigenvalue weighted by Crippen LogP contribution is 2.29. The molecule has 0 fully saturated rings. The van der Waals surface area contributed by atoms with Gasteiger partial charge in [0, 0.05) is 0 Å². The molecule has 2 unspecified atom stereocenters. The van der Waals surface area contributed by atoms with Gasteiger partial charge < -0.3 is 5.11 Å². The van der Waals surface area contributed by atoms with Crippen LogP contribution < -0.4 is 0 Å². The van der Waals surface area contributed by atoms with Gasteiger partial charge in [-0.3, -0.25) is 4.79 Å². The third kappa shape index (κ3) is 3.39. The van der Waals surface area contributed by atoms with Crippen molar-refractivity contribution in [2.45, 2.75) is 32.6 Å². The average molecular weight is 206 g/mol. The Bertz CT molecular complexity index is 306. The Balaban J connectivity index is 2.86. The van der Waals surface area contributed by atoms with Crippen molar-refractivity contribution in [1.29, 1.82) is 0 Å². The third-order valence-corrected chi connectivity index (χ3v) is 2.95. The van der Waals surface area contributed by atoms with Gasteiger partial charge in [-0.15, -0.1) is 0 Å². The summed E-state index contributed by atoms with van der Waals surface area (Å²) in [6, 6.07) is 9.91. The molecule has 1 N–H and O–H groups in total. The molecule has 2 nitrogen and oxygen atoms in total. The Hall–Kier alpha value is -1.31. The molecule has 2 atom stereocenters. The van der Waals surface area contributed by atoms with Crippen LogP contribution in [0.3, 0.4) is 0 Å². The van der Waals surface area contributed by atoms with Gasteiger partial charge in [-0.25, -0.2) is 0 Å². The highest BCUT2D eigenvalue weighted by atomic mass is 16.4. The molecule has 0 bridgehead atoms. The van der Waals surface area contributed by atoms with Gasteiger partial charge in [0.1, 0.15) is 0 Å². The van der Waals surface area contributed by atoms with Gasteiger partial charge in [-0.1, -0.05) is 50.6 Å². The van der Waals surface area contributed by atoms with Crippen LogP contribution in [0.25, 0.3) is 0 Å². The molecule has 1 aromatic carbocycles. The fourth-order valence-electron chi connectivity index (χ4n) is 1.82. The summed E-state index contributed by atoms with van der Waals surface area (Å²) in [5.74, 6) is -0.179. The smallest absolute Gasteiger partial charge is 0.303 e. The summed E-state index contributed by atoms with van der Waals surface area (Å²) in [7, 11) is 0. The quantitative estimate of drug-likeness (QED) is 0.802. The van der Waals surface area contributed by atoms with E-state index in [1.807, 2.05) is 30.3 Å². The maximum Gasteiger partial charge on any atom is 0.303 e. The monoisotopic (exact) mass is 206 g/mol. The lowest BCUT2D eigenvalue weighted by Gasteiger charge is -2.21. The Morgan fingerprint density at radius 2 is 1.93 bits per heavy atom. The van der Waals surface area contributed by atoms with Gasteiger partial charge in [0.25, 0.3) is 0 Å². The number of rotatable bonds is 5. The zero-order valence-corrected chi connectivity index (χ0v) is 9.31. The molecule has 0 aliphatic heterocycles. The van der Waals surface area contributed by atoms with E-state index < -0.39 is 5.97 Å². The van der Waals surface area contributed by atoms with Crippen LogP contribution in [0.1, 0.15) is 38.2 Å². The third-order valence-electron chi connectivity index (χ3n) is 2.95. The molecule has 0 saturated heterocycles. The highest BCUT2D eigenvalue weighted by Gasteiger charge is 2.20. The van der Waals surface area contributed by atoms with Gasteiger partial charge in [-0.05, 0) is 17.4 Å². The molecule has 0 heterocycles. The van der Waals surface area contributed by atoms with E-state index in [1.54, 1.807) is 0 Å². The molecular weight excluding hydrogens is 188 g/mol. The largest absolute Gasteiger partial charge is 0.481 e. The maximum absolute atomic E-state index is 10.8. The molecule has 0 aromatic heterocycles. The number of benzene rings is 1. The summed E-state index contributed by atoms with van der Waals surface area (Å²) in [5, 5.41) is 8.89. The number of carboxylic acids is 1. The summed E-state index contributed by atoms with van der Waals surface area (Å²) in [4.78, 5) is 10.8. The first-order valence-electron chi connectivity index (χ1n) is 5.41. The normalized spacial score (nSPS) is 14.5.